The molecule has 0 saturated heterocycles. The highest BCUT2D eigenvalue weighted by atomic mass is 32.2. The first-order chi connectivity index (χ1) is 9.59. The molecule has 0 atom stereocenters. The summed E-state index contributed by atoms with van der Waals surface area (Å²) in [6.07, 6.45) is 8.53. The van der Waals surface area contributed by atoms with Crippen molar-refractivity contribution in [2.45, 2.75) is 43.1 Å². The normalized spacial score (nSPS) is 17.2. The molecule has 112 valence electrons. The van der Waals surface area contributed by atoms with E-state index < -0.39 is 15.5 Å². The lowest BCUT2D eigenvalue weighted by atomic mass is 9.98. The van der Waals surface area contributed by atoms with Crippen molar-refractivity contribution in [1.82, 2.24) is 9.71 Å². The molecule has 20 heavy (non-hydrogen) atoms. The van der Waals surface area contributed by atoms with Crippen LogP contribution >= 0.6 is 0 Å². The fraction of sp³-hybridized carbons (Fsp3) is 0.615. The molecule has 0 amide bonds. The molecule has 0 unspecified atom stereocenters. The molecular weight excluding hydrogens is 280 g/mol. The highest BCUT2D eigenvalue weighted by Crippen LogP contribution is 2.19. The van der Waals surface area contributed by atoms with Crippen LogP contribution in [0, 0.1) is 0 Å². The number of hydrogen-bond donors (Lipinski definition) is 2. The van der Waals surface area contributed by atoms with Gasteiger partial charge in [-0.1, -0.05) is 19.3 Å². The van der Waals surface area contributed by atoms with Gasteiger partial charge in [-0.15, -0.1) is 0 Å². The summed E-state index contributed by atoms with van der Waals surface area (Å²) >= 11 is 0. The van der Waals surface area contributed by atoms with Gasteiger partial charge in [0.1, 0.15) is 4.90 Å². The van der Waals surface area contributed by atoms with Crippen LogP contribution in [-0.2, 0) is 14.8 Å². The third-order valence-corrected chi connectivity index (χ3v) is 4.86. The van der Waals surface area contributed by atoms with Crippen molar-refractivity contribution in [2.75, 3.05) is 13.2 Å². The largest absolute Gasteiger partial charge is 0.377 e. The molecule has 7 heteroatoms. The van der Waals surface area contributed by atoms with Crippen molar-refractivity contribution in [3.63, 3.8) is 0 Å². The summed E-state index contributed by atoms with van der Waals surface area (Å²) < 4.78 is 31.8. The molecule has 0 radical (unpaired) electrons. The van der Waals surface area contributed by atoms with E-state index in [2.05, 4.69) is 9.71 Å². The molecule has 1 heterocycles. The van der Waals surface area contributed by atoms with Gasteiger partial charge >= 0.3 is 0 Å². The summed E-state index contributed by atoms with van der Waals surface area (Å²) in [6.45, 7) is 0.502. The van der Waals surface area contributed by atoms with Crippen LogP contribution in [0.25, 0.3) is 0 Å². The maximum absolute atomic E-state index is 11.9. The minimum Gasteiger partial charge on any atom is -0.377 e. The van der Waals surface area contributed by atoms with E-state index in [0.717, 1.165) is 12.8 Å². The Kier molecular flexibility index (Phi) is 5.33. The van der Waals surface area contributed by atoms with Crippen LogP contribution in [0.1, 0.15) is 32.1 Å². The maximum atomic E-state index is 11.9. The van der Waals surface area contributed by atoms with Gasteiger partial charge in [0.2, 0.25) is 15.5 Å². The Hall–Kier alpha value is -1.18. The van der Waals surface area contributed by atoms with E-state index in [1.807, 2.05) is 0 Å². The average molecular weight is 300 g/mol. The molecular formula is C13H20N2O4S. The fourth-order valence-corrected chi connectivity index (χ4v) is 3.39. The zero-order chi connectivity index (χ0) is 14.4. The Morgan fingerprint density at radius 2 is 2.05 bits per heavy atom. The predicted octanol–water partition coefficient (Wildman–Crippen LogP) is 1.00. The zero-order valence-electron chi connectivity index (χ0n) is 11.3. The molecule has 1 saturated carbocycles. The van der Waals surface area contributed by atoms with Crippen molar-refractivity contribution in [1.29, 1.82) is 0 Å². The third-order valence-electron chi connectivity index (χ3n) is 3.38. The fourth-order valence-electron chi connectivity index (χ4n) is 2.32. The van der Waals surface area contributed by atoms with E-state index in [9.17, 15) is 13.2 Å². The van der Waals surface area contributed by atoms with E-state index >= 15 is 0 Å². The SMILES string of the molecule is O=c1cc[nH]cc1S(=O)(=O)NCCOC1CCCCC1. The Bertz CT molecular complexity index is 576. The Morgan fingerprint density at radius 1 is 1.30 bits per heavy atom. The Labute approximate surface area is 118 Å². The van der Waals surface area contributed by atoms with Gasteiger partial charge in [-0.25, -0.2) is 13.1 Å². The molecule has 1 aromatic rings. The van der Waals surface area contributed by atoms with Gasteiger partial charge in [-0.2, -0.15) is 0 Å². The number of nitrogens with one attached hydrogen (secondary N) is 2. The first kappa shape index (κ1) is 15.2. The molecule has 1 aliphatic carbocycles. The van der Waals surface area contributed by atoms with Crippen molar-refractivity contribution < 1.29 is 13.2 Å². The lowest BCUT2D eigenvalue weighted by Crippen LogP contribution is -2.32. The molecule has 1 aliphatic rings. The Morgan fingerprint density at radius 3 is 2.75 bits per heavy atom. The van der Waals surface area contributed by atoms with Gasteiger partial charge in [0.15, 0.2) is 0 Å². The molecule has 1 aromatic heterocycles. The van der Waals surface area contributed by atoms with Crippen molar-refractivity contribution in [3.8, 4) is 0 Å². The standard InChI is InChI=1S/C13H20N2O4S/c16-12-6-7-14-10-13(12)20(17,18)15-8-9-19-11-4-2-1-3-5-11/h6-7,10-11,15H,1-5,8-9H2,(H,14,16). The van der Waals surface area contributed by atoms with E-state index in [0.29, 0.717) is 6.61 Å². The van der Waals surface area contributed by atoms with Crippen LogP contribution in [0.2, 0.25) is 0 Å². The molecule has 6 nitrogen and oxygen atoms in total. The average Bonchev–Trinajstić information content (AvgIpc) is 2.45. The molecule has 0 spiro atoms. The van der Waals surface area contributed by atoms with E-state index in [1.165, 1.54) is 37.7 Å². The van der Waals surface area contributed by atoms with E-state index in [1.54, 1.807) is 0 Å². The number of pyridine rings is 1. The number of hydrogen-bond acceptors (Lipinski definition) is 4. The summed E-state index contributed by atoms with van der Waals surface area (Å²) in [5, 5.41) is 0. The summed E-state index contributed by atoms with van der Waals surface area (Å²) in [4.78, 5) is 13.8. The first-order valence-electron chi connectivity index (χ1n) is 6.88. The van der Waals surface area contributed by atoms with Crippen LogP contribution in [0.5, 0.6) is 0 Å². The first-order valence-corrected chi connectivity index (χ1v) is 8.36. The second-order valence-electron chi connectivity index (χ2n) is 4.90. The van der Waals surface area contributed by atoms with Crippen LogP contribution < -0.4 is 10.2 Å². The number of H-pyrrole nitrogens is 1. The van der Waals surface area contributed by atoms with Gasteiger partial charge in [0.25, 0.3) is 0 Å². The molecule has 0 aliphatic heterocycles. The third kappa shape index (κ3) is 4.16. The molecule has 2 N–H and O–H groups in total. The number of aromatic amines is 1. The minimum atomic E-state index is -3.77. The quantitative estimate of drug-likeness (QED) is 0.767. The lowest BCUT2D eigenvalue weighted by Gasteiger charge is -2.21. The van der Waals surface area contributed by atoms with Crippen molar-refractivity contribution in [2.24, 2.45) is 0 Å². The van der Waals surface area contributed by atoms with Crippen molar-refractivity contribution >= 4 is 10.0 Å². The minimum absolute atomic E-state index is 0.174. The topological polar surface area (TPSA) is 88.3 Å². The second-order valence-corrected chi connectivity index (χ2v) is 6.64. The van der Waals surface area contributed by atoms with Gasteiger partial charge < -0.3 is 9.72 Å². The summed E-state index contributed by atoms with van der Waals surface area (Å²) in [5.74, 6) is 0. The predicted molar refractivity (Wildman–Crippen MR) is 75.1 cm³/mol. The number of sulfonamides is 1. The highest BCUT2D eigenvalue weighted by molar-refractivity contribution is 7.89. The summed E-state index contributed by atoms with van der Waals surface area (Å²) in [5.41, 5.74) is -0.524. The van der Waals surface area contributed by atoms with Gasteiger partial charge in [0.05, 0.1) is 12.7 Å². The van der Waals surface area contributed by atoms with Crippen LogP contribution in [0.3, 0.4) is 0 Å². The number of ether oxygens (including phenoxy) is 1. The lowest BCUT2D eigenvalue weighted by molar-refractivity contribution is 0.0321. The molecule has 0 aromatic carbocycles. The maximum Gasteiger partial charge on any atom is 0.245 e. The van der Waals surface area contributed by atoms with Crippen molar-refractivity contribution in [3.05, 3.63) is 28.7 Å². The second kappa shape index (κ2) is 7.01. The summed E-state index contributed by atoms with van der Waals surface area (Å²) in [6, 6.07) is 1.19. The smallest absolute Gasteiger partial charge is 0.245 e. The summed E-state index contributed by atoms with van der Waals surface area (Å²) in [7, 11) is -3.77. The monoisotopic (exact) mass is 300 g/mol. The highest BCUT2D eigenvalue weighted by Gasteiger charge is 2.18. The molecule has 1 fully saturated rings. The number of aromatic nitrogens is 1. The van der Waals surface area contributed by atoms with E-state index in [4.69, 9.17) is 4.74 Å². The number of rotatable bonds is 6. The van der Waals surface area contributed by atoms with Crippen LogP contribution in [0.4, 0.5) is 0 Å². The molecule has 0 bridgehead atoms. The molecule has 2 rings (SSSR count). The van der Waals surface area contributed by atoms with Gasteiger partial charge in [0, 0.05) is 25.0 Å². The van der Waals surface area contributed by atoms with E-state index in [-0.39, 0.29) is 17.5 Å². The van der Waals surface area contributed by atoms with Crippen LogP contribution in [-0.4, -0.2) is 32.7 Å². The van der Waals surface area contributed by atoms with Gasteiger partial charge in [-0.05, 0) is 12.8 Å². The Balaban J connectivity index is 1.81. The van der Waals surface area contributed by atoms with Crippen LogP contribution in [0.15, 0.2) is 28.2 Å². The zero-order valence-corrected chi connectivity index (χ0v) is 12.1. The van der Waals surface area contributed by atoms with Gasteiger partial charge in [-0.3, -0.25) is 4.79 Å².